The molecule has 1 aromatic heterocycles. The topological polar surface area (TPSA) is 47.5 Å². The Bertz CT molecular complexity index is 865. The molecule has 0 aliphatic carbocycles. The lowest BCUT2D eigenvalue weighted by Gasteiger charge is -2.34. The second-order valence-electron chi connectivity index (χ2n) is 8.72. The molecule has 6 nitrogen and oxygen atoms in total. The Morgan fingerprint density at radius 2 is 1.81 bits per heavy atom. The average Bonchev–Trinajstić information content (AvgIpc) is 3.11. The number of likely N-dealkylation sites (N-methyl/N-ethyl adjacent to an activating group) is 1. The Balaban J connectivity index is 1.33. The lowest BCUT2D eigenvalue weighted by atomic mass is 10.1. The summed E-state index contributed by atoms with van der Waals surface area (Å²) in [5, 5.41) is 3.36. The second-order valence-corrected chi connectivity index (χ2v) is 8.72. The molecule has 1 N–H and O–H groups in total. The normalized spacial score (nSPS) is 19.7. The van der Waals surface area contributed by atoms with Crippen LogP contribution >= 0.6 is 0 Å². The maximum atomic E-state index is 13.3. The summed E-state index contributed by atoms with van der Waals surface area (Å²) in [5.74, 6) is -1.03. The molecule has 0 spiro atoms. The number of hydrogen-bond donors (Lipinski definition) is 1. The molecule has 3 heterocycles. The summed E-state index contributed by atoms with van der Waals surface area (Å²) < 4.78 is 26.6. The van der Waals surface area contributed by atoms with E-state index in [1.54, 1.807) is 0 Å². The first-order valence-corrected chi connectivity index (χ1v) is 11.1. The van der Waals surface area contributed by atoms with Gasteiger partial charge in [0, 0.05) is 75.2 Å². The summed E-state index contributed by atoms with van der Waals surface area (Å²) in [4.78, 5) is 15.8. The molecule has 1 aromatic carbocycles. The van der Waals surface area contributed by atoms with Crippen molar-refractivity contribution < 1.29 is 8.78 Å². The standard InChI is InChI=1S/C23H32F2N6/c1-18-16-27-22(19-4-6-20(7-5-19)31-14-12-29(2)13-15-31)28-21(18)26-9-3-10-30-11-8-23(24,25)17-30/h4-7,16H,3,8-15,17H2,1-2H3,(H,26,27,28). The first-order chi connectivity index (χ1) is 14.9. The number of piperazine rings is 1. The van der Waals surface area contributed by atoms with Crippen molar-refractivity contribution in [2.75, 3.05) is 69.6 Å². The zero-order valence-electron chi connectivity index (χ0n) is 18.4. The molecule has 168 valence electrons. The summed E-state index contributed by atoms with van der Waals surface area (Å²) in [6.07, 6.45) is 2.61. The van der Waals surface area contributed by atoms with Gasteiger partial charge in [-0.25, -0.2) is 18.7 Å². The number of alkyl halides is 2. The van der Waals surface area contributed by atoms with Gasteiger partial charge in [0.1, 0.15) is 5.82 Å². The van der Waals surface area contributed by atoms with Crippen LogP contribution in [-0.2, 0) is 0 Å². The van der Waals surface area contributed by atoms with Gasteiger partial charge in [0.05, 0.1) is 6.54 Å². The van der Waals surface area contributed by atoms with Gasteiger partial charge < -0.3 is 15.1 Å². The number of nitrogens with one attached hydrogen (secondary N) is 1. The van der Waals surface area contributed by atoms with Crippen LogP contribution in [0.25, 0.3) is 11.4 Å². The SMILES string of the molecule is Cc1cnc(-c2ccc(N3CCN(C)CC3)cc2)nc1NCCCN1CCC(F)(F)C1. The van der Waals surface area contributed by atoms with Crippen LogP contribution in [0, 0.1) is 6.92 Å². The van der Waals surface area contributed by atoms with Crippen LogP contribution in [0.1, 0.15) is 18.4 Å². The van der Waals surface area contributed by atoms with Crippen molar-refractivity contribution in [1.29, 1.82) is 0 Å². The third kappa shape index (κ3) is 5.68. The van der Waals surface area contributed by atoms with Crippen LogP contribution < -0.4 is 10.2 Å². The molecule has 4 rings (SSSR count). The fourth-order valence-electron chi connectivity index (χ4n) is 4.15. The minimum atomic E-state index is -2.52. The van der Waals surface area contributed by atoms with Gasteiger partial charge >= 0.3 is 0 Å². The molecule has 0 unspecified atom stereocenters. The van der Waals surface area contributed by atoms with Crippen molar-refractivity contribution in [2.45, 2.75) is 25.7 Å². The molecule has 8 heteroatoms. The highest BCUT2D eigenvalue weighted by Crippen LogP contribution is 2.27. The largest absolute Gasteiger partial charge is 0.370 e. The lowest BCUT2D eigenvalue weighted by Crippen LogP contribution is -2.44. The van der Waals surface area contributed by atoms with E-state index in [9.17, 15) is 8.78 Å². The van der Waals surface area contributed by atoms with Crippen LogP contribution in [0.4, 0.5) is 20.3 Å². The molecule has 0 radical (unpaired) electrons. The smallest absolute Gasteiger partial charge is 0.261 e. The zero-order chi connectivity index (χ0) is 21.8. The zero-order valence-corrected chi connectivity index (χ0v) is 18.4. The Morgan fingerprint density at radius 1 is 1.06 bits per heavy atom. The molecule has 0 amide bonds. The van der Waals surface area contributed by atoms with E-state index in [4.69, 9.17) is 4.98 Å². The van der Waals surface area contributed by atoms with E-state index in [1.807, 2.05) is 18.0 Å². The number of halogens is 2. The minimum Gasteiger partial charge on any atom is -0.370 e. The van der Waals surface area contributed by atoms with Gasteiger partial charge in [0.15, 0.2) is 5.82 Å². The first-order valence-electron chi connectivity index (χ1n) is 11.1. The van der Waals surface area contributed by atoms with Gasteiger partial charge in [0.2, 0.25) is 0 Å². The van der Waals surface area contributed by atoms with E-state index in [0.29, 0.717) is 25.5 Å². The van der Waals surface area contributed by atoms with Gasteiger partial charge in [-0.05, 0) is 44.7 Å². The molecular weight excluding hydrogens is 398 g/mol. The van der Waals surface area contributed by atoms with Crippen molar-refractivity contribution in [2.24, 2.45) is 0 Å². The monoisotopic (exact) mass is 430 g/mol. The number of rotatable bonds is 7. The molecule has 31 heavy (non-hydrogen) atoms. The van der Waals surface area contributed by atoms with Crippen LogP contribution in [0.15, 0.2) is 30.5 Å². The van der Waals surface area contributed by atoms with Crippen LogP contribution in [0.2, 0.25) is 0 Å². The van der Waals surface area contributed by atoms with Crippen molar-refractivity contribution >= 4 is 11.5 Å². The van der Waals surface area contributed by atoms with Crippen LogP contribution in [0.3, 0.4) is 0 Å². The van der Waals surface area contributed by atoms with Crippen molar-refractivity contribution in [3.05, 3.63) is 36.0 Å². The van der Waals surface area contributed by atoms with Crippen LogP contribution in [0.5, 0.6) is 0 Å². The Morgan fingerprint density at radius 3 is 2.48 bits per heavy atom. The van der Waals surface area contributed by atoms with E-state index in [1.165, 1.54) is 5.69 Å². The van der Waals surface area contributed by atoms with Gasteiger partial charge in [-0.15, -0.1) is 0 Å². The quantitative estimate of drug-likeness (QED) is 0.680. The molecule has 2 saturated heterocycles. The number of nitrogens with zero attached hydrogens (tertiary/aromatic N) is 5. The summed E-state index contributed by atoms with van der Waals surface area (Å²) in [5.41, 5.74) is 3.19. The summed E-state index contributed by atoms with van der Waals surface area (Å²) in [7, 11) is 2.16. The Labute approximate surface area is 183 Å². The van der Waals surface area contributed by atoms with Crippen molar-refractivity contribution in [3.8, 4) is 11.4 Å². The van der Waals surface area contributed by atoms with E-state index >= 15 is 0 Å². The maximum absolute atomic E-state index is 13.3. The van der Waals surface area contributed by atoms with Gasteiger partial charge in [0.25, 0.3) is 5.92 Å². The predicted octanol–water partition coefficient (Wildman–Crippen LogP) is 3.35. The second kappa shape index (κ2) is 9.44. The molecular formula is C23H32F2N6. The predicted molar refractivity (Wildman–Crippen MR) is 121 cm³/mol. The van der Waals surface area contributed by atoms with E-state index in [-0.39, 0.29) is 13.0 Å². The van der Waals surface area contributed by atoms with Crippen LogP contribution in [-0.4, -0.2) is 85.1 Å². The molecule has 0 bridgehead atoms. The summed E-state index contributed by atoms with van der Waals surface area (Å²) in [6, 6.07) is 8.44. The van der Waals surface area contributed by atoms with E-state index in [0.717, 1.165) is 49.5 Å². The highest BCUT2D eigenvalue weighted by atomic mass is 19.3. The lowest BCUT2D eigenvalue weighted by molar-refractivity contribution is 0.0122. The molecule has 2 aliphatic rings. The van der Waals surface area contributed by atoms with E-state index < -0.39 is 5.92 Å². The van der Waals surface area contributed by atoms with Gasteiger partial charge in [-0.2, -0.15) is 0 Å². The van der Waals surface area contributed by atoms with Gasteiger partial charge in [-0.3, -0.25) is 4.90 Å². The number of likely N-dealkylation sites (tertiary alicyclic amines) is 1. The molecule has 0 saturated carbocycles. The highest BCUT2D eigenvalue weighted by Gasteiger charge is 2.37. The maximum Gasteiger partial charge on any atom is 0.261 e. The third-order valence-corrected chi connectivity index (χ3v) is 6.16. The molecule has 2 fully saturated rings. The number of benzene rings is 1. The number of anilines is 2. The fraction of sp³-hybridized carbons (Fsp3) is 0.565. The number of aryl methyl sites for hydroxylation is 1. The fourth-order valence-corrected chi connectivity index (χ4v) is 4.15. The highest BCUT2D eigenvalue weighted by molar-refractivity contribution is 5.62. The Hall–Kier alpha value is -2.32. The van der Waals surface area contributed by atoms with Crippen molar-refractivity contribution in [1.82, 2.24) is 19.8 Å². The number of aromatic nitrogens is 2. The molecule has 2 aromatic rings. The number of hydrogen-bond acceptors (Lipinski definition) is 6. The van der Waals surface area contributed by atoms with E-state index in [2.05, 4.69) is 51.4 Å². The summed E-state index contributed by atoms with van der Waals surface area (Å²) in [6.45, 7) is 7.95. The Kier molecular flexibility index (Phi) is 6.67. The first kappa shape index (κ1) is 21.9. The van der Waals surface area contributed by atoms with Gasteiger partial charge in [-0.1, -0.05) is 0 Å². The summed E-state index contributed by atoms with van der Waals surface area (Å²) >= 11 is 0. The molecule has 0 atom stereocenters. The third-order valence-electron chi connectivity index (χ3n) is 6.16. The van der Waals surface area contributed by atoms with Crippen molar-refractivity contribution in [3.63, 3.8) is 0 Å². The minimum absolute atomic E-state index is 0.0254. The average molecular weight is 431 g/mol. The molecule has 2 aliphatic heterocycles.